The molecule has 0 unspecified atom stereocenters. The normalized spacial score (nSPS) is 15.2. The Hall–Kier alpha value is -3.02. The molecule has 6 heteroatoms. The van der Waals surface area contributed by atoms with Gasteiger partial charge < -0.3 is 4.90 Å². The lowest BCUT2D eigenvalue weighted by Crippen LogP contribution is -2.38. The number of piperidine rings is 1. The van der Waals surface area contributed by atoms with Gasteiger partial charge in [0.05, 0.1) is 5.69 Å². The molecule has 1 aliphatic heterocycles. The largest absolute Gasteiger partial charge is 0.339 e. The predicted octanol–water partition coefficient (Wildman–Crippen LogP) is 2.76. The molecule has 0 N–H and O–H groups in total. The van der Waals surface area contributed by atoms with Crippen LogP contribution in [0.25, 0.3) is 5.69 Å². The van der Waals surface area contributed by atoms with E-state index in [1.54, 1.807) is 4.68 Å². The molecule has 4 rings (SSSR count). The minimum absolute atomic E-state index is 0.0816. The maximum absolute atomic E-state index is 12.9. The van der Waals surface area contributed by atoms with E-state index in [1.807, 2.05) is 35.2 Å². The van der Waals surface area contributed by atoms with Crippen molar-refractivity contribution in [1.82, 2.24) is 25.1 Å². The Morgan fingerprint density at radius 1 is 1.04 bits per heavy atom. The third kappa shape index (κ3) is 3.64. The zero-order valence-corrected chi connectivity index (χ0v) is 14.5. The second-order valence-electron chi connectivity index (χ2n) is 6.73. The number of aromatic nitrogens is 4. The predicted molar refractivity (Wildman–Crippen MR) is 97.9 cm³/mol. The van der Waals surface area contributed by atoms with Gasteiger partial charge in [-0.25, -0.2) is 4.68 Å². The van der Waals surface area contributed by atoms with Gasteiger partial charge in [0.2, 0.25) is 0 Å². The van der Waals surface area contributed by atoms with Gasteiger partial charge in [0.1, 0.15) is 6.33 Å². The molecule has 26 heavy (non-hydrogen) atoms. The van der Waals surface area contributed by atoms with E-state index in [1.165, 1.54) is 11.9 Å². The fourth-order valence-corrected chi connectivity index (χ4v) is 3.53. The van der Waals surface area contributed by atoms with Gasteiger partial charge in [-0.2, -0.15) is 0 Å². The molecule has 132 valence electrons. The summed E-state index contributed by atoms with van der Waals surface area (Å²) >= 11 is 0. The molecule has 1 amide bonds. The molecule has 2 heterocycles. The quantitative estimate of drug-likeness (QED) is 0.728. The topological polar surface area (TPSA) is 63.9 Å². The maximum atomic E-state index is 12.9. The number of hydrogen-bond donors (Lipinski definition) is 0. The summed E-state index contributed by atoms with van der Waals surface area (Å²) in [6.07, 6.45) is 4.72. The van der Waals surface area contributed by atoms with Crippen LogP contribution < -0.4 is 0 Å². The Bertz CT molecular complexity index is 855. The monoisotopic (exact) mass is 347 g/mol. The summed E-state index contributed by atoms with van der Waals surface area (Å²) in [5, 5.41) is 11.2. The number of tetrazole rings is 1. The summed E-state index contributed by atoms with van der Waals surface area (Å²) in [6, 6.07) is 18.0. The Balaban J connectivity index is 1.39. The van der Waals surface area contributed by atoms with Crippen molar-refractivity contribution in [2.75, 3.05) is 13.1 Å². The number of hydrogen-bond acceptors (Lipinski definition) is 4. The standard InChI is InChI=1S/C20H21N5O/c26-20(18-7-4-8-19(14-18)25-15-21-22-23-25)24-11-9-17(10-12-24)13-16-5-2-1-3-6-16/h1-8,14-15,17H,9-13H2. The molecule has 1 fully saturated rings. The Morgan fingerprint density at radius 3 is 2.58 bits per heavy atom. The van der Waals surface area contributed by atoms with Crippen LogP contribution in [0.3, 0.4) is 0 Å². The molecule has 0 aliphatic carbocycles. The number of carbonyl (C=O) groups is 1. The number of nitrogens with zero attached hydrogens (tertiary/aromatic N) is 5. The van der Waals surface area contributed by atoms with Crippen LogP contribution in [0.5, 0.6) is 0 Å². The summed E-state index contributed by atoms with van der Waals surface area (Å²) in [4.78, 5) is 14.8. The first-order chi connectivity index (χ1) is 12.8. The fraction of sp³-hybridized carbons (Fsp3) is 0.300. The molecule has 0 saturated carbocycles. The average Bonchev–Trinajstić information content (AvgIpc) is 3.24. The average molecular weight is 347 g/mol. The van der Waals surface area contributed by atoms with E-state index in [-0.39, 0.29) is 5.91 Å². The van der Waals surface area contributed by atoms with E-state index < -0.39 is 0 Å². The molecule has 0 bridgehead atoms. The van der Waals surface area contributed by atoms with E-state index in [9.17, 15) is 4.79 Å². The van der Waals surface area contributed by atoms with Crippen LogP contribution in [-0.4, -0.2) is 44.1 Å². The van der Waals surface area contributed by atoms with Crippen LogP contribution in [-0.2, 0) is 6.42 Å². The highest BCUT2D eigenvalue weighted by molar-refractivity contribution is 5.94. The minimum atomic E-state index is 0.0816. The molecule has 1 aromatic heterocycles. The molecule has 1 aliphatic rings. The van der Waals surface area contributed by atoms with Gasteiger partial charge >= 0.3 is 0 Å². The highest BCUT2D eigenvalue weighted by atomic mass is 16.2. The molecular formula is C20H21N5O. The van der Waals surface area contributed by atoms with Gasteiger partial charge in [-0.05, 0) is 59.4 Å². The zero-order chi connectivity index (χ0) is 17.8. The summed E-state index contributed by atoms with van der Waals surface area (Å²) in [5.74, 6) is 0.729. The first-order valence-electron chi connectivity index (χ1n) is 8.96. The third-order valence-corrected chi connectivity index (χ3v) is 4.98. The van der Waals surface area contributed by atoms with Crippen molar-refractivity contribution < 1.29 is 4.79 Å². The summed E-state index contributed by atoms with van der Waals surface area (Å²) < 4.78 is 1.56. The second-order valence-corrected chi connectivity index (χ2v) is 6.73. The van der Waals surface area contributed by atoms with Crippen LogP contribution in [0.1, 0.15) is 28.8 Å². The van der Waals surface area contributed by atoms with Gasteiger partial charge in [0.25, 0.3) is 5.91 Å². The summed E-state index contributed by atoms with van der Waals surface area (Å²) in [5.41, 5.74) is 2.85. The van der Waals surface area contributed by atoms with Gasteiger partial charge in [-0.15, -0.1) is 5.10 Å². The summed E-state index contributed by atoms with van der Waals surface area (Å²) in [7, 11) is 0. The Labute approximate surface area is 152 Å². The first-order valence-corrected chi connectivity index (χ1v) is 8.96. The van der Waals surface area contributed by atoms with Crippen molar-refractivity contribution in [3.8, 4) is 5.69 Å². The lowest BCUT2D eigenvalue weighted by atomic mass is 9.90. The highest BCUT2D eigenvalue weighted by Gasteiger charge is 2.24. The lowest BCUT2D eigenvalue weighted by molar-refractivity contribution is 0.0690. The molecule has 0 radical (unpaired) electrons. The Kier molecular flexibility index (Phi) is 4.73. The number of carbonyl (C=O) groups excluding carboxylic acids is 1. The molecule has 6 nitrogen and oxygen atoms in total. The van der Waals surface area contributed by atoms with Crippen LogP contribution in [0.4, 0.5) is 0 Å². The van der Waals surface area contributed by atoms with Gasteiger partial charge in [0.15, 0.2) is 0 Å². The minimum Gasteiger partial charge on any atom is -0.339 e. The molecule has 3 aromatic rings. The van der Waals surface area contributed by atoms with Crippen LogP contribution in [0, 0.1) is 5.92 Å². The third-order valence-electron chi connectivity index (χ3n) is 4.98. The molecule has 0 spiro atoms. The number of benzene rings is 2. The number of amides is 1. The van der Waals surface area contributed by atoms with E-state index in [0.717, 1.165) is 38.0 Å². The SMILES string of the molecule is O=C(c1cccc(-n2cnnn2)c1)N1CCC(Cc2ccccc2)CC1. The van der Waals surface area contributed by atoms with Gasteiger partial charge in [-0.3, -0.25) is 4.79 Å². The van der Waals surface area contributed by atoms with E-state index in [2.05, 4.69) is 39.8 Å². The maximum Gasteiger partial charge on any atom is 0.253 e. The lowest BCUT2D eigenvalue weighted by Gasteiger charge is -2.32. The van der Waals surface area contributed by atoms with Crippen molar-refractivity contribution in [2.24, 2.45) is 5.92 Å². The smallest absolute Gasteiger partial charge is 0.253 e. The fourth-order valence-electron chi connectivity index (χ4n) is 3.53. The highest BCUT2D eigenvalue weighted by Crippen LogP contribution is 2.23. The van der Waals surface area contributed by atoms with Crippen molar-refractivity contribution in [2.45, 2.75) is 19.3 Å². The van der Waals surface area contributed by atoms with Gasteiger partial charge in [0, 0.05) is 18.7 Å². The molecule has 0 atom stereocenters. The first kappa shape index (κ1) is 16.4. The van der Waals surface area contributed by atoms with E-state index >= 15 is 0 Å². The molecular weight excluding hydrogens is 326 g/mol. The van der Waals surface area contributed by atoms with Crippen molar-refractivity contribution in [1.29, 1.82) is 0 Å². The summed E-state index contributed by atoms with van der Waals surface area (Å²) in [6.45, 7) is 1.62. The van der Waals surface area contributed by atoms with Crippen molar-refractivity contribution >= 4 is 5.91 Å². The molecule has 1 saturated heterocycles. The van der Waals surface area contributed by atoms with E-state index in [4.69, 9.17) is 0 Å². The van der Waals surface area contributed by atoms with Gasteiger partial charge in [-0.1, -0.05) is 36.4 Å². The number of likely N-dealkylation sites (tertiary alicyclic amines) is 1. The van der Waals surface area contributed by atoms with Crippen LogP contribution in [0.15, 0.2) is 60.9 Å². The molecule has 2 aromatic carbocycles. The van der Waals surface area contributed by atoms with Crippen molar-refractivity contribution in [3.63, 3.8) is 0 Å². The Morgan fingerprint density at radius 2 is 1.85 bits per heavy atom. The van der Waals surface area contributed by atoms with Crippen LogP contribution in [0.2, 0.25) is 0 Å². The number of rotatable bonds is 4. The second kappa shape index (κ2) is 7.47. The van der Waals surface area contributed by atoms with E-state index in [0.29, 0.717) is 11.5 Å². The van der Waals surface area contributed by atoms with Crippen LogP contribution >= 0.6 is 0 Å². The van der Waals surface area contributed by atoms with Crippen molar-refractivity contribution in [3.05, 3.63) is 72.1 Å². The zero-order valence-electron chi connectivity index (χ0n) is 14.5.